The third kappa shape index (κ3) is 4.73. The van der Waals surface area contributed by atoms with Gasteiger partial charge in [-0.3, -0.25) is 9.79 Å². The van der Waals surface area contributed by atoms with Crippen LogP contribution in [0.25, 0.3) is 0 Å². The summed E-state index contributed by atoms with van der Waals surface area (Å²) in [5.74, 6) is 0.669. The van der Waals surface area contributed by atoms with Gasteiger partial charge in [-0.15, -0.1) is 11.3 Å². The largest absolute Gasteiger partial charge is 0.460 e. The number of guanidine groups is 1. The Bertz CT molecular complexity index is 520. The summed E-state index contributed by atoms with van der Waals surface area (Å²) >= 11 is 1.72. The average Bonchev–Trinajstić information content (AvgIpc) is 3.08. The Hall–Kier alpha value is -1.56. The summed E-state index contributed by atoms with van der Waals surface area (Å²) < 4.78 is 5.48. The smallest absolute Gasteiger partial charge is 0.311 e. The number of esters is 1. The SMILES string of the molecule is CN=C(NCc1cccs1)N1CCC(C(=O)OC(C)(C)C)C1. The number of rotatable bonds is 3. The second kappa shape index (κ2) is 7.13. The van der Waals surface area contributed by atoms with Gasteiger partial charge >= 0.3 is 5.97 Å². The van der Waals surface area contributed by atoms with Crippen LogP contribution in [0.5, 0.6) is 0 Å². The maximum atomic E-state index is 12.2. The van der Waals surface area contributed by atoms with Crippen molar-refractivity contribution in [2.24, 2.45) is 10.9 Å². The van der Waals surface area contributed by atoms with Gasteiger partial charge < -0.3 is 15.0 Å². The third-order valence-corrected chi connectivity index (χ3v) is 4.32. The van der Waals surface area contributed by atoms with Gasteiger partial charge in [0.15, 0.2) is 5.96 Å². The molecule has 2 heterocycles. The number of hydrogen-bond acceptors (Lipinski definition) is 4. The van der Waals surface area contributed by atoms with Crippen molar-refractivity contribution in [1.82, 2.24) is 10.2 Å². The lowest BCUT2D eigenvalue weighted by Crippen LogP contribution is -2.40. The molecule has 0 saturated carbocycles. The Balaban J connectivity index is 1.86. The average molecular weight is 323 g/mol. The summed E-state index contributed by atoms with van der Waals surface area (Å²) in [6, 6.07) is 4.14. The molecule has 22 heavy (non-hydrogen) atoms. The first-order valence-corrected chi connectivity index (χ1v) is 8.48. The fraction of sp³-hybridized carbons (Fsp3) is 0.625. The van der Waals surface area contributed by atoms with Crippen molar-refractivity contribution in [2.45, 2.75) is 39.3 Å². The minimum Gasteiger partial charge on any atom is -0.460 e. The van der Waals surface area contributed by atoms with E-state index in [9.17, 15) is 4.79 Å². The highest BCUT2D eigenvalue weighted by Crippen LogP contribution is 2.21. The monoisotopic (exact) mass is 323 g/mol. The zero-order valence-corrected chi connectivity index (χ0v) is 14.6. The predicted molar refractivity (Wildman–Crippen MR) is 90.0 cm³/mol. The molecule has 0 bridgehead atoms. The van der Waals surface area contributed by atoms with Gasteiger partial charge in [-0.05, 0) is 38.6 Å². The molecule has 1 aromatic rings. The van der Waals surface area contributed by atoms with Crippen LogP contribution in [-0.2, 0) is 16.1 Å². The first-order valence-electron chi connectivity index (χ1n) is 7.60. The van der Waals surface area contributed by atoms with E-state index in [1.54, 1.807) is 18.4 Å². The molecule has 1 atom stereocenters. The molecule has 1 N–H and O–H groups in total. The lowest BCUT2D eigenvalue weighted by Gasteiger charge is -2.23. The van der Waals surface area contributed by atoms with Gasteiger partial charge in [0.1, 0.15) is 5.60 Å². The quantitative estimate of drug-likeness (QED) is 0.527. The van der Waals surface area contributed by atoms with Crippen LogP contribution >= 0.6 is 11.3 Å². The van der Waals surface area contributed by atoms with E-state index < -0.39 is 5.60 Å². The van der Waals surface area contributed by atoms with Gasteiger partial charge in [0.25, 0.3) is 0 Å². The Morgan fingerprint density at radius 1 is 1.55 bits per heavy atom. The lowest BCUT2D eigenvalue weighted by molar-refractivity contribution is -0.159. The van der Waals surface area contributed by atoms with Gasteiger partial charge in [0.2, 0.25) is 0 Å². The summed E-state index contributed by atoms with van der Waals surface area (Å²) in [5.41, 5.74) is -0.427. The van der Waals surface area contributed by atoms with Gasteiger partial charge in [-0.2, -0.15) is 0 Å². The van der Waals surface area contributed by atoms with Gasteiger partial charge in [0.05, 0.1) is 12.5 Å². The number of ether oxygens (including phenoxy) is 1. The third-order valence-electron chi connectivity index (χ3n) is 3.44. The number of nitrogens with zero attached hydrogens (tertiary/aromatic N) is 2. The van der Waals surface area contributed by atoms with E-state index in [0.717, 1.165) is 25.5 Å². The van der Waals surface area contributed by atoms with Crippen molar-refractivity contribution in [1.29, 1.82) is 0 Å². The van der Waals surface area contributed by atoms with E-state index >= 15 is 0 Å². The van der Waals surface area contributed by atoms with Gasteiger partial charge in [-0.25, -0.2) is 0 Å². The molecule has 1 aromatic heterocycles. The minimum absolute atomic E-state index is 0.0699. The molecular formula is C16H25N3O2S. The molecule has 122 valence electrons. The highest BCUT2D eigenvalue weighted by molar-refractivity contribution is 7.09. The van der Waals surface area contributed by atoms with Crippen LogP contribution in [-0.4, -0.2) is 42.6 Å². The van der Waals surface area contributed by atoms with E-state index in [4.69, 9.17) is 4.74 Å². The Labute approximate surface area is 136 Å². The minimum atomic E-state index is -0.427. The number of aliphatic imine (C=N–C) groups is 1. The molecule has 1 aliphatic heterocycles. The zero-order valence-electron chi connectivity index (χ0n) is 13.8. The van der Waals surface area contributed by atoms with Crippen LogP contribution < -0.4 is 5.32 Å². The molecule has 6 heteroatoms. The second-order valence-electron chi connectivity index (χ2n) is 6.45. The molecule has 0 amide bonds. The summed E-state index contributed by atoms with van der Waals surface area (Å²) in [4.78, 5) is 19.9. The molecule has 0 aliphatic carbocycles. The van der Waals surface area contributed by atoms with Crippen molar-refractivity contribution in [3.8, 4) is 0 Å². The van der Waals surface area contributed by atoms with E-state index in [2.05, 4.69) is 26.7 Å². The molecule has 2 rings (SSSR count). The molecule has 0 aromatic carbocycles. The Morgan fingerprint density at radius 3 is 2.91 bits per heavy atom. The summed E-state index contributed by atoms with van der Waals surface area (Å²) in [6.07, 6.45) is 0.814. The van der Waals surface area contributed by atoms with Crippen molar-refractivity contribution in [3.05, 3.63) is 22.4 Å². The Kier molecular flexibility index (Phi) is 5.45. The number of thiophene rings is 1. The fourth-order valence-corrected chi connectivity index (χ4v) is 3.09. The number of carbonyl (C=O) groups excluding carboxylic acids is 1. The molecule has 0 radical (unpaired) electrons. The second-order valence-corrected chi connectivity index (χ2v) is 7.48. The molecular weight excluding hydrogens is 298 g/mol. The maximum absolute atomic E-state index is 12.2. The van der Waals surface area contributed by atoms with Crippen LogP contribution in [0.2, 0.25) is 0 Å². The molecule has 1 unspecified atom stereocenters. The maximum Gasteiger partial charge on any atom is 0.311 e. The van der Waals surface area contributed by atoms with Crippen molar-refractivity contribution in [2.75, 3.05) is 20.1 Å². The lowest BCUT2D eigenvalue weighted by atomic mass is 10.1. The van der Waals surface area contributed by atoms with E-state index in [1.807, 2.05) is 26.8 Å². The highest BCUT2D eigenvalue weighted by Gasteiger charge is 2.33. The van der Waals surface area contributed by atoms with E-state index in [1.165, 1.54) is 4.88 Å². The molecule has 1 saturated heterocycles. The van der Waals surface area contributed by atoms with Gasteiger partial charge in [-0.1, -0.05) is 6.07 Å². The van der Waals surface area contributed by atoms with Crippen molar-refractivity contribution >= 4 is 23.3 Å². The van der Waals surface area contributed by atoms with Crippen LogP contribution in [0.1, 0.15) is 32.1 Å². The summed E-state index contributed by atoms with van der Waals surface area (Å²) in [5, 5.41) is 5.42. The molecule has 0 spiro atoms. The predicted octanol–water partition coefficient (Wildman–Crippen LogP) is 2.49. The Morgan fingerprint density at radius 2 is 2.32 bits per heavy atom. The van der Waals surface area contributed by atoms with Crippen LogP contribution in [0, 0.1) is 5.92 Å². The topological polar surface area (TPSA) is 53.9 Å². The van der Waals surface area contributed by atoms with Crippen LogP contribution in [0.15, 0.2) is 22.5 Å². The fourth-order valence-electron chi connectivity index (χ4n) is 2.44. The summed E-state index contributed by atoms with van der Waals surface area (Å²) in [6.45, 7) is 7.96. The molecule has 1 fully saturated rings. The zero-order chi connectivity index (χ0) is 16.2. The van der Waals surface area contributed by atoms with Crippen LogP contribution in [0.3, 0.4) is 0 Å². The van der Waals surface area contributed by atoms with Crippen LogP contribution in [0.4, 0.5) is 0 Å². The van der Waals surface area contributed by atoms with Gasteiger partial charge in [0, 0.05) is 25.0 Å². The number of nitrogens with one attached hydrogen (secondary N) is 1. The van der Waals surface area contributed by atoms with Crippen molar-refractivity contribution in [3.63, 3.8) is 0 Å². The van der Waals surface area contributed by atoms with E-state index in [-0.39, 0.29) is 11.9 Å². The first-order chi connectivity index (χ1) is 10.4. The number of hydrogen-bond donors (Lipinski definition) is 1. The summed E-state index contributed by atoms with van der Waals surface area (Å²) in [7, 11) is 1.78. The molecule has 1 aliphatic rings. The number of carbonyl (C=O) groups is 1. The molecule has 5 nitrogen and oxygen atoms in total. The normalized spacial score (nSPS) is 19.4. The van der Waals surface area contributed by atoms with E-state index in [0.29, 0.717) is 6.54 Å². The first kappa shape index (κ1) is 16.8. The van der Waals surface area contributed by atoms with Crippen molar-refractivity contribution < 1.29 is 9.53 Å². The highest BCUT2D eigenvalue weighted by atomic mass is 32.1. The standard InChI is InChI=1S/C16H25N3O2S/c1-16(2,3)21-14(20)12-7-8-19(11-12)15(17-4)18-10-13-6-5-9-22-13/h5-6,9,12H,7-8,10-11H2,1-4H3,(H,17,18). The number of likely N-dealkylation sites (tertiary alicyclic amines) is 1.